The highest BCUT2D eigenvalue weighted by molar-refractivity contribution is 5.78. The number of nitrogens with zero attached hydrogens (tertiary/aromatic N) is 3. The van der Waals surface area contributed by atoms with Crippen molar-refractivity contribution in [3.05, 3.63) is 59.9 Å². The van der Waals surface area contributed by atoms with Crippen LogP contribution in [-0.2, 0) is 6.42 Å². The molecular formula is C23H24F2N4O. The van der Waals surface area contributed by atoms with Gasteiger partial charge in [-0.1, -0.05) is 0 Å². The lowest BCUT2D eigenvalue weighted by Crippen LogP contribution is -2.43. The predicted molar refractivity (Wildman–Crippen MR) is 112 cm³/mol. The van der Waals surface area contributed by atoms with E-state index in [0.717, 1.165) is 66.5 Å². The van der Waals surface area contributed by atoms with Gasteiger partial charge in [0.2, 0.25) is 0 Å². The third-order valence-electron chi connectivity index (χ3n) is 6.24. The third kappa shape index (κ3) is 3.23. The first-order valence-electron chi connectivity index (χ1n) is 10.3. The Morgan fingerprint density at radius 3 is 2.77 bits per heavy atom. The van der Waals surface area contributed by atoms with Crippen molar-refractivity contribution in [3.8, 4) is 22.6 Å². The van der Waals surface area contributed by atoms with E-state index in [-0.39, 0.29) is 5.75 Å². The van der Waals surface area contributed by atoms with Crippen molar-refractivity contribution in [1.82, 2.24) is 15.1 Å². The molecule has 5 nitrogen and oxygen atoms in total. The number of rotatable bonds is 4. The van der Waals surface area contributed by atoms with Gasteiger partial charge in [0.05, 0.1) is 12.2 Å². The lowest BCUT2D eigenvalue weighted by atomic mass is 9.93. The van der Waals surface area contributed by atoms with Gasteiger partial charge in [-0.2, -0.15) is 5.10 Å². The second-order valence-corrected chi connectivity index (χ2v) is 8.14. The SMILES string of the molecule is CC1CCc2c(ccc(-c3cnn(C4CNC4)c3)c2Oc2cc(F)ccc2F)N1C. The highest BCUT2D eigenvalue weighted by Gasteiger charge is 2.27. The van der Waals surface area contributed by atoms with E-state index in [1.807, 2.05) is 23.1 Å². The molecule has 0 bridgehead atoms. The topological polar surface area (TPSA) is 42.3 Å². The maximum absolute atomic E-state index is 14.4. The number of aromatic nitrogens is 2. The van der Waals surface area contributed by atoms with E-state index >= 15 is 0 Å². The zero-order valence-electron chi connectivity index (χ0n) is 17.0. The summed E-state index contributed by atoms with van der Waals surface area (Å²) in [5.41, 5.74) is 3.80. The van der Waals surface area contributed by atoms with Gasteiger partial charge in [0.15, 0.2) is 11.6 Å². The number of hydrogen-bond acceptors (Lipinski definition) is 4. The highest BCUT2D eigenvalue weighted by Crippen LogP contribution is 2.44. The van der Waals surface area contributed by atoms with Crippen molar-refractivity contribution in [2.75, 3.05) is 25.0 Å². The Bertz CT molecular complexity index is 1090. The molecule has 1 fully saturated rings. The van der Waals surface area contributed by atoms with Gasteiger partial charge in [0.1, 0.15) is 11.6 Å². The van der Waals surface area contributed by atoms with Gasteiger partial charge in [-0.15, -0.1) is 0 Å². The first kappa shape index (κ1) is 19.1. The van der Waals surface area contributed by atoms with Crippen LogP contribution in [0.1, 0.15) is 24.9 Å². The van der Waals surface area contributed by atoms with E-state index in [9.17, 15) is 8.78 Å². The molecule has 156 valence electrons. The normalized spacial score (nSPS) is 18.8. The Balaban J connectivity index is 1.63. The predicted octanol–water partition coefficient (Wildman–Crippen LogP) is 4.54. The minimum Gasteiger partial charge on any atom is -0.453 e. The van der Waals surface area contributed by atoms with E-state index < -0.39 is 11.6 Å². The average molecular weight is 410 g/mol. The molecule has 2 aliphatic rings. The number of halogens is 2. The van der Waals surface area contributed by atoms with Gasteiger partial charge in [-0.05, 0) is 44.0 Å². The molecule has 3 heterocycles. The number of hydrogen-bond donors (Lipinski definition) is 1. The second-order valence-electron chi connectivity index (χ2n) is 8.14. The summed E-state index contributed by atoms with van der Waals surface area (Å²) in [6.45, 7) is 3.97. The van der Waals surface area contributed by atoms with Gasteiger partial charge < -0.3 is 15.0 Å². The summed E-state index contributed by atoms with van der Waals surface area (Å²) in [6.07, 6.45) is 5.57. The molecule has 0 amide bonds. The zero-order chi connectivity index (χ0) is 20.8. The summed E-state index contributed by atoms with van der Waals surface area (Å²) in [7, 11) is 2.05. The van der Waals surface area contributed by atoms with E-state index in [4.69, 9.17) is 4.74 Å². The molecule has 2 aliphatic heterocycles. The number of ether oxygens (including phenoxy) is 1. The summed E-state index contributed by atoms with van der Waals surface area (Å²) < 4.78 is 36.2. The van der Waals surface area contributed by atoms with Crippen LogP contribution in [-0.4, -0.2) is 36.0 Å². The third-order valence-corrected chi connectivity index (χ3v) is 6.24. The lowest BCUT2D eigenvalue weighted by Gasteiger charge is -2.35. The van der Waals surface area contributed by atoms with Crippen LogP contribution in [0.5, 0.6) is 11.5 Å². The molecule has 1 unspecified atom stereocenters. The van der Waals surface area contributed by atoms with Gasteiger partial charge in [-0.25, -0.2) is 8.78 Å². The van der Waals surface area contributed by atoms with Crippen molar-refractivity contribution < 1.29 is 13.5 Å². The Labute approximate surface area is 174 Å². The molecule has 0 radical (unpaired) electrons. The van der Waals surface area contributed by atoms with Gasteiger partial charge in [-0.3, -0.25) is 4.68 Å². The van der Waals surface area contributed by atoms with Gasteiger partial charge in [0.25, 0.3) is 0 Å². The molecule has 5 rings (SSSR count). The second kappa shape index (κ2) is 7.40. The van der Waals surface area contributed by atoms with Crippen LogP contribution >= 0.6 is 0 Å². The van der Waals surface area contributed by atoms with Gasteiger partial charge in [0, 0.05) is 60.8 Å². The zero-order valence-corrected chi connectivity index (χ0v) is 17.0. The molecule has 1 saturated heterocycles. The Morgan fingerprint density at radius 1 is 1.17 bits per heavy atom. The molecule has 0 saturated carbocycles. The number of nitrogens with one attached hydrogen (secondary N) is 1. The fraction of sp³-hybridized carbons (Fsp3) is 0.348. The van der Waals surface area contributed by atoms with Crippen molar-refractivity contribution >= 4 is 5.69 Å². The van der Waals surface area contributed by atoms with Crippen molar-refractivity contribution in [2.24, 2.45) is 0 Å². The smallest absolute Gasteiger partial charge is 0.166 e. The van der Waals surface area contributed by atoms with Crippen LogP contribution < -0.4 is 15.0 Å². The number of anilines is 1. The average Bonchev–Trinajstić information content (AvgIpc) is 3.15. The summed E-state index contributed by atoms with van der Waals surface area (Å²) in [5.74, 6) is -0.661. The molecule has 2 aromatic carbocycles. The maximum Gasteiger partial charge on any atom is 0.166 e. The van der Waals surface area contributed by atoms with E-state index in [0.29, 0.717) is 17.8 Å². The minimum absolute atomic E-state index is 0.110. The monoisotopic (exact) mass is 410 g/mol. The van der Waals surface area contributed by atoms with Crippen LogP contribution in [0, 0.1) is 11.6 Å². The molecule has 1 atom stereocenters. The Morgan fingerprint density at radius 2 is 2.00 bits per heavy atom. The quantitative estimate of drug-likeness (QED) is 0.686. The van der Waals surface area contributed by atoms with E-state index in [1.54, 1.807) is 0 Å². The maximum atomic E-state index is 14.4. The van der Waals surface area contributed by atoms with Crippen molar-refractivity contribution in [1.29, 1.82) is 0 Å². The van der Waals surface area contributed by atoms with Crippen LogP contribution in [0.25, 0.3) is 11.1 Å². The summed E-state index contributed by atoms with van der Waals surface area (Å²) >= 11 is 0. The van der Waals surface area contributed by atoms with Gasteiger partial charge >= 0.3 is 0 Å². The molecule has 1 N–H and O–H groups in total. The summed E-state index contributed by atoms with van der Waals surface area (Å²) in [5, 5.41) is 7.76. The number of benzene rings is 2. The Kier molecular flexibility index (Phi) is 4.70. The van der Waals surface area contributed by atoms with Crippen molar-refractivity contribution in [3.63, 3.8) is 0 Å². The molecule has 30 heavy (non-hydrogen) atoms. The standard InChI is InChI=1S/C23H24F2N4O/c1-14-3-5-19-21(28(14)2)8-6-18(15-10-27-29(13-15)17-11-26-12-17)23(19)30-22-9-16(24)4-7-20(22)25/h4,6-10,13-14,17,26H,3,5,11-12H2,1-2H3. The minimum atomic E-state index is -0.589. The van der Waals surface area contributed by atoms with Crippen molar-refractivity contribution in [2.45, 2.75) is 31.8 Å². The molecular weight excluding hydrogens is 386 g/mol. The van der Waals surface area contributed by atoms with Crippen LogP contribution in [0.4, 0.5) is 14.5 Å². The molecule has 7 heteroatoms. The Hall–Kier alpha value is -2.93. The molecule has 1 aromatic heterocycles. The molecule has 0 spiro atoms. The molecule has 0 aliphatic carbocycles. The lowest BCUT2D eigenvalue weighted by molar-refractivity contribution is 0.318. The fourth-order valence-electron chi connectivity index (χ4n) is 4.12. The summed E-state index contributed by atoms with van der Waals surface area (Å²) in [4.78, 5) is 2.21. The van der Waals surface area contributed by atoms with Crippen LogP contribution in [0.15, 0.2) is 42.7 Å². The number of fused-ring (bicyclic) bond motifs is 1. The molecule has 3 aromatic rings. The van der Waals surface area contributed by atoms with E-state index in [2.05, 4.69) is 35.4 Å². The van der Waals surface area contributed by atoms with Crippen LogP contribution in [0.3, 0.4) is 0 Å². The first-order chi connectivity index (χ1) is 14.5. The van der Waals surface area contributed by atoms with E-state index in [1.165, 1.54) is 0 Å². The highest BCUT2D eigenvalue weighted by atomic mass is 19.1. The summed E-state index contributed by atoms with van der Waals surface area (Å²) in [6, 6.07) is 8.09. The fourth-order valence-corrected chi connectivity index (χ4v) is 4.12. The first-order valence-corrected chi connectivity index (χ1v) is 10.3. The largest absolute Gasteiger partial charge is 0.453 e. The van der Waals surface area contributed by atoms with Crippen LogP contribution in [0.2, 0.25) is 0 Å².